The first-order chi connectivity index (χ1) is 15.3. The molecular formula is C22H14N2O6S2. The lowest BCUT2D eigenvalue weighted by Crippen LogP contribution is -2.37. The normalized spacial score (nSPS) is 15.9. The Balaban J connectivity index is 1.62. The van der Waals surface area contributed by atoms with Gasteiger partial charge in [0, 0.05) is 23.8 Å². The fourth-order valence-corrected chi connectivity index (χ4v) is 4.52. The lowest BCUT2D eigenvalue weighted by Gasteiger charge is -2.23. The van der Waals surface area contributed by atoms with E-state index in [2.05, 4.69) is 0 Å². The van der Waals surface area contributed by atoms with Gasteiger partial charge in [0.05, 0.1) is 9.83 Å². The van der Waals surface area contributed by atoms with Crippen LogP contribution in [0.4, 0.5) is 5.69 Å². The molecule has 1 aromatic heterocycles. The van der Waals surface area contributed by atoms with Gasteiger partial charge in [0.15, 0.2) is 6.04 Å². The second-order valence-electron chi connectivity index (χ2n) is 6.71. The third-order valence-corrected chi connectivity index (χ3v) is 6.00. The SMILES string of the molecule is O=C(O)C(c1ccccc1)N1C(=O)C(=Cc2ccc(-c3cccc([N+](=O)[O-])c3)o2)SC1=S. The first-order valence-electron chi connectivity index (χ1n) is 9.24. The molecule has 1 aliphatic rings. The predicted octanol–water partition coefficient (Wildman–Crippen LogP) is 4.88. The molecule has 2 aromatic carbocycles. The largest absolute Gasteiger partial charge is 0.479 e. The lowest BCUT2D eigenvalue weighted by atomic mass is 10.1. The Bertz CT molecular complexity index is 1270. The number of carboxylic acid groups (broad SMARTS) is 1. The molecule has 1 amide bonds. The molecule has 0 radical (unpaired) electrons. The van der Waals surface area contributed by atoms with E-state index in [1.165, 1.54) is 18.2 Å². The number of carbonyl (C=O) groups is 2. The third kappa shape index (κ3) is 4.18. The second kappa shape index (κ2) is 8.77. The molecule has 0 spiro atoms. The van der Waals surface area contributed by atoms with E-state index in [-0.39, 0.29) is 14.9 Å². The standard InChI is InChI=1S/C22H14N2O6S2/c25-20-18(32-22(31)23(20)19(21(26)27)13-5-2-1-3-6-13)12-16-9-10-17(30-16)14-7-4-8-15(11-14)24(28)29/h1-12,19H,(H,26,27). The van der Waals surface area contributed by atoms with Gasteiger partial charge in [-0.3, -0.25) is 19.8 Å². The lowest BCUT2D eigenvalue weighted by molar-refractivity contribution is -0.384. The first kappa shape index (κ1) is 21.5. The van der Waals surface area contributed by atoms with Gasteiger partial charge in [-0.1, -0.05) is 66.4 Å². The van der Waals surface area contributed by atoms with Gasteiger partial charge in [0.2, 0.25) is 0 Å². The quantitative estimate of drug-likeness (QED) is 0.237. The zero-order valence-electron chi connectivity index (χ0n) is 16.2. The zero-order valence-corrected chi connectivity index (χ0v) is 17.8. The van der Waals surface area contributed by atoms with Gasteiger partial charge >= 0.3 is 5.97 Å². The van der Waals surface area contributed by atoms with E-state index in [1.807, 2.05) is 0 Å². The highest BCUT2D eigenvalue weighted by atomic mass is 32.2. The Hall–Kier alpha value is -3.76. The van der Waals surface area contributed by atoms with Crippen molar-refractivity contribution in [3.63, 3.8) is 0 Å². The molecule has 3 aromatic rings. The van der Waals surface area contributed by atoms with Crippen LogP contribution in [0.2, 0.25) is 0 Å². The number of nitro benzene ring substituents is 1. The van der Waals surface area contributed by atoms with E-state index in [1.54, 1.807) is 54.6 Å². The molecule has 0 saturated carbocycles. The number of hydrogen-bond donors (Lipinski definition) is 1. The van der Waals surface area contributed by atoms with Gasteiger partial charge in [0.25, 0.3) is 11.6 Å². The predicted molar refractivity (Wildman–Crippen MR) is 123 cm³/mol. The number of aliphatic carboxylic acids is 1. The summed E-state index contributed by atoms with van der Waals surface area (Å²) >= 11 is 6.28. The molecule has 1 saturated heterocycles. The fourth-order valence-electron chi connectivity index (χ4n) is 3.23. The molecule has 0 bridgehead atoms. The van der Waals surface area contributed by atoms with E-state index in [4.69, 9.17) is 16.6 Å². The summed E-state index contributed by atoms with van der Waals surface area (Å²) in [4.78, 5) is 36.7. The molecule has 1 aliphatic heterocycles. The number of amides is 1. The van der Waals surface area contributed by atoms with Crippen molar-refractivity contribution in [2.24, 2.45) is 0 Å². The van der Waals surface area contributed by atoms with Crippen LogP contribution in [0, 0.1) is 10.1 Å². The van der Waals surface area contributed by atoms with E-state index in [9.17, 15) is 24.8 Å². The number of carboxylic acids is 1. The molecule has 10 heteroatoms. The van der Waals surface area contributed by atoms with Crippen LogP contribution in [0.1, 0.15) is 17.4 Å². The highest BCUT2D eigenvalue weighted by molar-refractivity contribution is 8.26. The highest BCUT2D eigenvalue weighted by Crippen LogP contribution is 2.39. The summed E-state index contributed by atoms with van der Waals surface area (Å²) in [5, 5.41) is 20.7. The van der Waals surface area contributed by atoms with Crippen molar-refractivity contribution in [2.45, 2.75) is 6.04 Å². The van der Waals surface area contributed by atoms with Crippen molar-refractivity contribution >= 4 is 51.9 Å². The number of furan rings is 1. The average Bonchev–Trinajstić information content (AvgIpc) is 3.35. The third-order valence-electron chi connectivity index (χ3n) is 4.67. The smallest absolute Gasteiger partial charge is 0.331 e. The van der Waals surface area contributed by atoms with Crippen molar-refractivity contribution < 1.29 is 24.0 Å². The zero-order chi connectivity index (χ0) is 22.8. The number of benzene rings is 2. The van der Waals surface area contributed by atoms with Crippen molar-refractivity contribution in [3.05, 3.63) is 93.1 Å². The van der Waals surface area contributed by atoms with E-state index in [0.29, 0.717) is 22.6 Å². The van der Waals surface area contributed by atoms with Crippen LogP contribution < -0.4 is 0 Å². The maximum Gasteiger partial charge on any atom is 0.331 e. The Morgan fingerprint density at radius 2 is 1.91 bits per heavy atom. The molecule has 32 heavy (non-hydrogen) atoms. The molecular weight excluding hydrogens is 452 g/mol. The van der Waals surface area contributed by atoms with Crippen molar-refractivity contribution in [1.29, 1.82) is 0 Å². The molecule has 1 N–H and O–H groups in total. The monoisotopic (exact) mass is 466 g/mol. The van der Waals surface area contributed by atoms with Crippen molar-refractivity contribution in [1.82, 2.24) is 4.90 Å². The van der Waals surface area contributed by atoms with Gasteiger partial charge < -0.3 is 9.52 Å². The van der Waals surface area contributed by atoms with Crippen LogP contribution in [-0.4, -0.2) is 31.1 Å². The Morgan fingerprint density at radius 1 is 1.16 bits per heavy atom. The maximum absolute atomic E-state index is 13.0. The maximum atomic E-state index is 13.0. The van der Waals surface area contributed by atoms with Crippen molar-refractivity contribution in [3.8, 4) is 11.3 Å². The van der Waals surface area contributed by atoms with Gasteiger partial charge in [-0.25, -0.2) is 4.79 Å². The second-order valence-corrected chi connectivity index (χ2v) is 8.39. The van der Waals surface area contributed by atoms with E-state index in [0.717, 1.165) is 16.7 Å². The number of non-ortho nitro benzene ring substituents is 1. The summed E-state index contributed by atoms with van der Waals surface area (Å²) in [6.07, 6.45) is 1.48. The molecule has 2 heterocycles. The van der Waals surface area contributed by atoms with Gasteiger partial charge in [0.1, 0.15) is 15.8 Å². The van der Waals surface area contributed by atoms with E-state index < -0.39 is 22.8 Å². The Labute approximate surface area is 191 Å². The number of nitrogens with zero attached hydrogens (tertiary/aromatic N) is 2. The molecule has 4 rings (SSSR count). The molecule has 1 unspecified atom stereocenters. The number of nitro groups is 1. The first-order valence-corrected chi connectivity index (χ1v) is 10.5. The minimum absolute atomic E-state index is 0.0676. The van der Waals surface area contributed by atoms with Crippen LogP contribution in [0.15, 0.2) is 76.1 Å². The summed E-state index contributed by atoms with van der Waals surface area (Å²) in [7, 11) is 0. The minimum Gasteiger partial charge on any atom is -0.479 e. The molecule has 0 aliphatic carbocycles. The molecule has 8 nitrogen and oxygen atoms in total. The fraction of sp³-hybridized carbons (Fsp3) is 0.0455. The highest BCUT2D eigenvalue weighted by Gasteiger charge is 2.41. The number of thiocarbonyl (C=S) groups is 1. The summed E-state index contributed by atoms with van der Waals surface area (Å²) in [5.41, 5.74) is 0.881. The summed E-state index contributed by atoms with van der Waals surface area (Å²) < 4.78 is 5.86. The summed E-state index contributed by atoms with van der Waals surface area (Å²) in [5.74, 6) is -1.01. The topological polar surface area (TPSA) is 114 Å². The molecule has 1 atom stereocenters. The van der Waals surface area contributed by atoms with Crippen LogP contribution in [0.3, 0.4) is 0 Å². The summed E-state index contributed by atoms with van der Waals surface area (Å²) in [6.45, 7) is 0. The van der Waals surface area contributed by atoms with Gasteiger partial charge in [-0.2, -0.15) is 0 Å². The van der Waals surface area contributed by atoms with Crippen molar-refractivity contribution in [2.75, 3.05) is 0 Å². The Morgan fingerprint density at radius 3 is 2.59 bits per heavy atom. The number of hydrogen-bond acceptors (Lipinski definition) is 7. The van der Waals surface area contributed by atoms with Gasteiger partial charge in [-0.05, 0) is 17.7 Å². The van der Waals surface area contributed by atoms with E-state index >= 15 is 0 Å². The van der Waals surface area contributed by atoms with Crippen LogP contribution in [0.5, 0.6) is 0 Å². The number of rotatable bonds is 6. The average molecular weight is 466 g/mol. The van der Waals surface area contributed by atoms with Crippen LogP contribution in [0.25, 0.3) is 17.4 Å². The molecule has 160 valence electrons. The Kier molecular flexibility index (Phi) is 5.89. The molecule has 1 fully saturated rings. The van der Waals surface area contributed by atoms with Crippen LogP contribution in [-0.2, 0) is 9.59 Å². The van der Waals surface area contributed by atoms with Gasteiger partial charge in [-0.15, -0.1) is 0 Å². The minimum atomic E-state index is -1.24. The number of carbonyl (C=O) groups excluding carboxylic acids is 1. The number of thioether (sulfide) groups is 1. The van der Waals surface area contributed by atoms with Crippen LogP contribution >= 0.6 is 24.0 Å². The summed E-state index contributed by atoms with van der Waals surface area (Å²) in [6, 6.07) is 16.4.